The Morgan fingerprint density at radius 3 is 2.03 bits per heavy atom. The zero-order chi connectivity index (χ0) is 26.3. The Labute approximate surface area is 247 Å². The second kappa shape index (κ2) is 11.1. The molecule has 4 aromatic rings. The molecule has 0 saturated heterocycles. The molecular weight excluding hydrogens is 658 g/mol. The van der Waals surface area contributed by atoms with Gasteiger partial charge in [-0.2, -0.15) is 72.8 Å². The fourth-order valence-electron chi connectivity index (χ4n) is 5.30. The van der Waals surface area contributed by atoms with Gasteiger partial charge in [0.25, 0.3) is 0 Å². The van der Waals surface area contributed by atoms with E-state index in [-0.39, 0.29) is 33.3 Å². The number of nitrogens with zero attached hydrogens (tertiary/aromatic N) is 4. The predicted molar refractivity (Wildman–Crippen MR) is 159 cm³/mol. The van der Waals surface area contributed by atoms with Crippen molar-refractivity contribution in [3.63, 3.8) is 0 Å². The zero-order valence-electron chi connectivity index (χ0n) is 22.7. The molecule has 0 aliphatic carbocycles. The van der Waals surface area contributed by atoms with Crippen molar-refractivity contribution < 1.29 is 21.1 Å². The average molecular weight is 690 g/mol. The van der Waals surface area contributed by atoms with Crippen molar-refractivity contribution in [2.24, 2.45) is 0 Å². The molecule has 6 rings (SSSR count). The molecule has 6 heteroatoms. The van der Waals surface area contributed by atoms with Crippen LogP contribution in [0.4, 0.5) is 17.1 Å². The van der Waals surface area contributed by atoms with Crippen LogP contribution in [0.2, 0.25) is 0 Å². The first-order valence-electron chi connectivity index (χ1n) is 13.0. The minimum atomic E-state index is -0.0955. The van der Waals surface area contributed by atoms with Gasteiger partial charge in [0.1, 0.15) is 0 Å². The van der Waals surface area contributed by atoms with Gasteiger partial charge in [-0.15, -0.1) is 11.4 Å². The van der Waals surface area contributed by atoms with Crippen LogP contribution in [0.5, 0.6) is 0 Å². The van der Waals surface area contributed by atoms with E-state index in [2.05, 4.69) is 158 Å². The van der Waals surface area contributed by atoms with E-state index >= 15 is 0 Å². The predicted octanol–water partition coefficient (Wildman–Crippen LogP) is 4.58. The van der Waals surface area contributed by atoms with E-state index in [1.54, 1.807) is 0 Å². The first-order valence-corrected chi connectivity index (χ1v) is 13.0. The first kappa shape index (κ1) is 27.3. The van der Waals surface area contributed by atoms with E-state index in [0.717, 1.165) is 22.3 Å². The number of fused-ring (bicyclic) bond motifs is 1. The minimum absolute atomic E-state index is 0. The van der Waals surface area contributed by atoms with Gasteiger partial charge < -0.3 is 19.6 Å². The van der Waals surface area contributed by atoms with Gasteiger partial charge in [0.2, 0.25) is 0 Å². The van der Waals surface area contributed by atoms with E-state index in [9.17, 15) is 0 Å². The summed E-state index contributed by atoms with van der Waals surface area (Å²) in [6.45, 7) is 8.77. The maximum absolute atomic E-state index is 3.80. The molecule has 0 unspecified atom stereocenters. The van der Waals surface area contributed by atoms with E-state index in [4.69, 9.17) is 0 Å². The summed E-state index contributed by atoms with van der Waals surface area (Å²) in [6.07, 6.45) is 4.10. The van der Waals surface area contributed by atoms with Gasteiger partial charge in [0.15, 0.2) is 6.71 Å². The maximum Gasteiger partial charge on any atom is 4.00 e. The number of benzene rings is 4. The van der Waals surface area contributed by atoms with Crippen LogP contribution in [-0.4, -0.2) is 30.6 Å². The number of rotatable bonds is 5. The van der Waals surface area contributed by atoms with Gasteiger partial charge in [0.05, 0.1) is 0 Å². The summed E-state index contributed by atoms with van der Waals surface area (Å²) in [5.74, 6) is 0. The third-order valence-electron chi connectivity index (χ3n) is 7.66. The number of anilines is 3. The summed E-state index contributed by atoms with van der Waals surface area (Å²) in [6, 6.07) is 39.7. The van der Waals surface area contributed by atoms with Gasteiger partial charge in [-0.3, -0.25) is 0 Å². The largest absolute Gasteiger partial charge is 4.00 e. The summed E-state index contributed by atoms with van der Waals surface area (Å²) in [4.78, 5) is 8.67. The normalized spacial score (nSPS) is 16.2. The monoisotopic (exact) mass is 689 g/mol. The Kier molecular flexibility index (Phi) is 7.76. The van der Waals surface area contributed by atoms with Crippen molar-refractivity contribution in [2.45, 2.75) is 19.4 Å². The summed E-state index contributed by atoms with van der Waals surface area (Å²) in [5, 5.41) is 0. The van der Waals surface area contributed by atoms with Gasteiger partial charge in [-0.05, 0) is 52.0 Å². The van der Waals surface area contributed by atoms with Crippen LogP contribution in [0.1, 0.15) is 19.4 Å². The molecule has 196 valence electrons. The van der Waals surface area contributed by atoms with Crippen LogP contribution >= 0.6 is 0 Å². The van der Waals surface area contributed by atoms with E-state index in [0.29, 0.717) is 0 Å². The van der Waals surface area contributed by atoms with Gasteiger partial charge in [-0.25, -0.2) is 0 Å². The molecule has 39 heavy (non-hydrogen) atoms. The summed E-state index contributed by atoms with van der Waals surface area (Å²) < 4.78 is 0. The summed E-state index contributed by atoms with van der Waals surface area (Å²) in [5.41, 5.74) is 7.86. The van der Waals surface area contributed by atoms with E-state index in [1.165, 1.54) is 16.7 Å². The maximum atomic E-state index is 3.80. The Morgan fingerprint density at radius 2 is 1.33 bits per heavy atom. The van der Waals surface area contributed by atoms with Crippen molar-refractivity contribution in [2.75, 3.05) is 23.9 Å². The number of hydrogen-bond acceptors (Lipinski definition) is 4. The third-order valence-corrected chi connectivity index (χ3v) is 7.66. The van der Waals surface area contributed by atoms with Gasteiger partial charge in [0, 0.05) is 11.2 Å². The van der Waals surface area contributed by atoms with Crippen molar-refractivity contribution >= 4 is 40.2 Å². The zero-order valence-corrected chi connectivity index (χ0v) is 24.9. The van der Waals surface area contributed by atoms with Crippen molar-refractivity contribution in [1.29, 1.82) is 0 Å². The van der Waals surface area contributed by atoms with Crippen LogP contribution in [0.3, 0.4) is 0 Å². The molecule has 2 heterocycles. The molecule has 0 amide bonds. The quantitative estimate of drug-likeness (QED) is 0.225. The van der Waals surface area contributed by atoms with Crippen molar-refractivity contribution in [1.82, 2.24) is 9.80 Å². The molecule has 2 aliphatic heterocycles. The molecule has 0 bridgehead atoms. The molecule has 0 radical (unpaired) electrons. The van der Waals surface area contributed by atoms with Crippen LogP contribution in [0.15, 0.2) is 103 Å². The van der Waals surface area contributed by atoms with Crippen molar-refractivity contribution in [3.05, 3.63) is 134 Å². The fraction of sp³-hybridized carbons (Fsp3) is 0.152. The topological polar surface area (TPSA) is 13.0 Å². The molecule has 0 spiro atoms. The van der Waals surface area contributed by atoms with Crippen LogP contribution < -0.4 is 26.2 Å². The minimum Gasteiger partial charge on any atom is -0.510 e. The second-order valence-corrected chi connectivity index (χ2v) is 10.5. The third kappa shape index (κ3) is 5.18. The SMILES string of the molecule is CN1C=CN(c2[c-]c(B(c3[c-]c(N4[CH-]N(C)C(C)(C)c5ccccc54)ccc3)c3ccccc3)ccc2)[CH-]1.[Pt+4]. The van der Waals surface area contributed by atoms with Crippen LogP contribution in [-0.2, 0) is 26.6 Å². The fourth-order valence-corrected chi connectivity index (χ4v) is 5.30. The molecule has 0 aromatic heterocycles. The molecule has 0 atom stereocenters. The molecule has 0 saturated carbocycles. The van der Waals surface area contributed by atoms with Crippen LogP contribution in [0, 0.1) is 25.5 Å². The smallest absolute Gasteiger partial charge is 0.510 e. The first-order chi connectivity index (χ1) is 18.4. The van der Waals surface area contributed by atoms with Crippen LogP contribution in [0.25, 0.3) is 0 Å². The molecule has 4 aromatic carbocycles. The summed E-state index contributed by atoms with van der Waals surface area (Å²) in [7, 11) is 4.17. The Bertz CT molecular complexity index is 1470. The average Bonchev–Trinajstić information content (AvgIpc) is 3.38. The standard InChI is InChI=1S/C33H31BN4.Pt/c1-33(2)31-18-8-9-19-32(31)38(25-36(33)4)30-17-11-15-28(23-30)34(26-12-6-5-7-13-26)27-14-10-16-29(22-27)37-21-20-35(3)24-37;/h5-21,24-25H,1-4H3;/q-4;+4. The van der Waals surface area contributed by atoms with E-state index in [1.807, 2.05) is 18.1 Å². The Morgan fingerprint density at radius 1 is 0.692 bits per heavy atom. The number of para-hydroxylation sites is 1. The summed E-state index contributed by atoms with van der Waals surface area (Å²) >= 11 is 0. The van der Waals surface area contributed by atoms with Gasteiger partial charge >= 0.3 is 21.1 Å². The Hall–Kier alpha value is -3.27. The van der Waals surface area contributed by atoms with E-state index < -0.39 is 0 Å². The second-order valence-electron chi connectivity index (χ2n) is 10.5. The molecule has 0 fully saturated rings. The molecular formula is C33H31BN4Pt. The van der Waals surface area contributed by atoms with Crippen molar-refractivity contribution in [3.8, 4) is 0 Å². The molecule has 4 nitrogen and oxygen atoms in total. The van der Waals surface area contributed by atoms with Gasteiger partial charge in [-0.1, -0.05) is 54.0 Å². The Balaban J connectivity index is 0.00000308. The molecule has 0 N–H and O–H groups in total. The molecule has 2 aliphatic rings. The number of hydrogen-bond donors (Lipinski definition) is 0.